The molecule has 0 aliphatic carbocycles. The summed E-state index contributed by atoms with van der Waals surface area (Å²) in [5.41, 5.74) is 0. The summed E-state index contributed by atoms with van der Waals surface area (Å²) in [6.07, 6.45) is 1.05. The van der Waals surface area contributed by atoms with Crippen molar-refractivity contribution < 1.29 is 28.2 Å². The van der Waals surface area contributed by atoms with Crippen LogP contribution in [-0.2, 0) is 4.79 Å². The number of unbranched alkanes of at least 4 members (excludes halogenated alkanes) is 1. The van der Waals surface area contributed by atoms with Gasteiger partial charge in [-0.05, 0) is 18.8 Å². The summed E-state index contributed by atoms with van der Waals surface area (Å²) >= 11 is 0. The molecule has 1 unspecified atom stereocenters. The fraction of sp³-hybridized carbons (Fsp3) is 0.909. The van der Waals surface area contributed by atoms with Crippen molar-refractivity contribution in [1.82, 2.24) is 0 Å². The lowest BCUT2D eigenvalue weighted by atomic mass is 9.99. The van der Waals surface area contributed by atoms with Crippen LogP contribution in [0.25, 0.3) is 0 Å². The summed E-state index contributed by atoms with van der Waals surface area (Å²) in [6, 6.07) is 0. The molecular weight excluding hydrogens is 237 g/mol. The minimum Gasteiger partial charge on any atom is -0.475 e. The highest BCUT2D eigenvalue weighted by Crippen LogP contribution is 2.13. The smallest absolute Gasteiger partial charge is 0.475 e. The number of hydrogen-bond donors (Lipinski definition) is 2. The number of carbonyl (C=O) groups is 1. The van der Waals surface area contributed by atoms with E-state index in [0.29, 0.717) is 6.61 Å². The van der Waals surface area contributed by atoms with Crippen molar-refractivity contribution in [2.75, 3.05) is 6.61 Å². The molecule has 0 aromatic carbocycles. The van der Waals surface area contributed by atoms with Crippen LogP contribution >= 0.6 is 0 Å². The predicted molar refractivity (Wildman–Crippen MR) is 58.7 cm³/mol. The van der Waals surface area contributed by atoms with Gasteiger partial charge in [-0.25, -0.2) is 4.79 Å². The zero-order valence-corrected chi connectivity index (χ0v) is 10.3. The molecule has 6 heteroatoms. The number of aliphatic hydroxyl groups is 1. The summed E-state index contributed by atoms with van der Waals surface area (Å²) < 4.78 is 31.7. The van der Waals surface area contributed by atoms with Crippen LogP contribution in [0.2, 0.25) is 0 Å². The highest BCUT2D eigenvalue weighted by molar-refractivity contribution is 5.73. The first-order valence-electron chi connectivity index (χ1n) is 5.66. The molecule has 1 atom stereocenters. The number of aliphatic carboxylic acids is 1. The first-order valence-corrected chi connectivity index (χ1v) is 5.66. The molecule has 2 N–H and O–H groups in total. The van der Waals surface area contributed by atoms with Gasteiger partial charge in [0.05, 0.1) is 0 Å². The van der Waals surface area contributed by atoms with Gasteiger partial charge >= 0.3 is 12.1 Å². The molecule has 0 amide bonds. The minimum atomic E-state index is -5.08. The SMILES string of the molecule is CCCCC(C)CCCO.O=C(O)C(F)(F)F. The summed E-state index contributed by atoms with van der Waals surface area (Å²) in [7, 11) is 0. The number of aliphatic hydroxyl groups excluding tert-OH is 1. The van der Waals surface area contributed by atoms with Gasteiger partial charge in [0.1, 0.15) is 0 Å². The largest absolute Gasteiger partial charge is 0.490 e. The standard InChI is InChI=1S/C9H20O.C2HF3O2/c1-3-4-6-9(2)7-5-8-10;3-2(4,5)1(6)7/h9-10H,3-8H2,1-2H3;(H,6,7). The number of rotatable bonds is 6. The maximum Gasteiger partial charge on any atom is 0.490 e. The van der Waals surface area contributed by atoms with Crippen LogP contribution in [0.15, 0.2) is 0 Å². The molecular formula is C11H21F3O3. The van der Waals surface area contributed by atoms with E-state index in [4.69, 9.17) is 15.0 Å². The lowest BCUT2D eigenvalue weighted by molar-refractivity contribution is -0.192. The van der Waals surface area contributed by atoms with Crippen LogP contribution in [0.5, 0.6) is 0 Å². The molecule has 104 valence electrons. The van der Waals surface area contributed by atoms with Gasteiger partial charge in [-0.3, -0.25) is 0 Å². The van der Waals surface area contributed by atoms with Crippen molar-refractivity contribution in [3.05, 3.63) is 0 Å². The van der Waals surface area contributed by atoms with Gasteiger partial charge in [0.15, 0.2) is 0 Å². The second-order valence-electron chi connectivity index (χ2n) is 3.92. The molecule has 0 saturated heterocycles. The van der Waals surface area contributed by atoms with Gasteiger partial charge < -0.3 is 10.2 Å². The molecule has 0 heterocycles. The summed E-state index contributed by atoms with van der Waals surface area (Å²) in [5, 5.41) is 15.7. The number of hydrogen-bond acceptors (Lipinski definition) is 2. The first-order chi connectivity index (χ1) is 7.75. The number of alkyl halides is 3. The quantitative estimate of drug-likeness (QED) is 0.769. The summed E-state index contributed by atoms with van der Waals surface area (Å²) in [4.78, 5) is 8.90. The van der Waals surface area contributed by atoms with Crippen molar-refractivity contribution in [3.8, 4) is 0 Å². The van der Waals surface area contributed by atoms with E-state index < -0.39 is 12.1 Å². The maximum atomic E-state index is 10.6. The lowest BCUT2D eigenvalue weighted by Gasteiger charge is -2.08. The third-order valence-electron chi connectivity index (χ3n) is 2.15. The molecule has 0 aliphatic heterocycles. The Kier molecular flexibility index (Phi) is 11.3. The van der Waals surface area contributed by atoms with E-state index in [2.05, 4.69) is 13.8 Å². The number of halogens is 3. The fourth-order valence-electron chi connectivity index (χ4n) is 1.14. The number of carboxylic acids is 1. The Hall–Kier alpha value is -0.780. The van der Waals surface area contributed by atoms with Crippen molar-refractivity contribution in [1.29, 1.82) is 0 Å². The minimum absolute atomic E-state index is 0.358. The third kappa shape index (κ3) is 15.2. The lowest BCUT2D eigenvalue weighted by Crippen LogP contribution is -2.21. The Morgan fingerprint density at radius 2 is 1.65 bits per heavy atom. The molecule has 0 bridgehead atoms. The number of carboxylic acid groups (broad SMARTS) is 1. The van der Waals surface area contributed by atoms with Gasteiger partial charge in [-0.2, -0.15) is 13.2 Å². The Labute approximate surface area is 99.6 Å². The Bertz CT molecular complexity index is 185. The van der Waals surface area contributed by atoms with Crippen molar-refractivity contribution in [2.24, 2.45) is 5.92 Å². The van der Waals surface area contributed by atoms with Gasteiger partial charge in [-0.15, -0.1) is 0 Å². The van der Waals surface area contributed by atoms with Crippen molar-refractivity contribution in [2.45, 2.75) is 52.1 Å². The molecule has 0 rings (SSSR count). The average Bonchev–Trinajstić information content (AvgIpc) is 2.23. The molecule has 17 heavy (non-hydrogen) atoms. The fourth-order valence-corrected chi connectivity index (χ4v) is 1.14. The highest BCUT2D eigenvalue weighted by atomic mass is 19.4. The van der Waals surface area contributed by atoms with Crippen molar-refractivity contribution >= 4 is 5.97 Å². The zero-order chi connectivity index (χ0) is 13.9. The topological polar surface area (TPSA) is 57.5 Å². The van der Waals surface area contributed by atoms with Crippen LogP contribution < -0.4 is 0 Å². The van der Waals surface area contributed by atoms with Crippen molar-refractivity contribution in [3.63, 3.8) is 0 Å². The van der Waals surface area contributed by atoms with Crippen LogP contribution in [0.1, 0.15) is 46.0 Å². The summed E-state index contributed by atoms with van der Waals surface area (Å²) in [5.74, 6) is -1.94. The Balaban J connectivity index is 0. The summed E-state index contributed by atoms with van der Waals surface area (Å²) in [6.45, 7) is 4.85. The average molecular weight is 258 g/mol. The van der Waals surface area contributed by atoms with Crippen LogP contribution in [0.3, 0.4) is 0 Å². The van der Waals surface area contributed by atoms with E-state index in [1.807, 2.05) is 0 Å². The molecule has 0 spiro atoms. The van der Waals surface area contributed by atoms with Gasteiger partial charge in [0.25, 0.3) is 0 Å². The van der Waals surface area contributed by atoms with Crippen LogP contribution in [0, 0.1) is 5.92 Å². The van der Waals surface area contributed by atoms with E-state index in [1.54, 1.807) is 0 Å². The van der Waals surface area contributed by atoms with Gasteiger partial charge in [-0.1, -0.05) is 33.1 Å². The van der Waals surface area contributed by atoms with E-state index in [1.165, 1.54) is 25.7 Å². The maximum absolute atomic E-state index is 10.6. The van der Waals surface area contributed by atoms with Crippen LogP contribution in [-0.4, -0.2) is 29.0 Å². The van der Waals surface area contributed by atoms with E-state index >= 15 is 0 Å². The third-order valence-corrected chi connectivity index (χ3v) is 2.15. The molecule has 0 aromatic rings. The molecule has 0 aromatic heterocycles. The molecule has 0 aliphatic rings. The molecule has 0 saturated carbocycles. The van der Waals surface area contributed by atoms with E-state index in [0.717, 1.165) is 12.3 Å². The van der Waals surface area contributed by atoms with Gasteiger partial charge in [0.2, 0.25) is 0 Å². The predicted octanol–water partition coefficient (Wildman–Crippen LogP) is 3.22. The van der Waals surface area contributed by atoms with E-state index in [9.17, 15) is 13.2 Å². The first kappa shape index (κ1) is 18.6. The molecule has 3 nitrogen and oxygen atoms in total. The van der Waals surface area contributed by atoms with E-state index in [-0.39, 0.29) is 0 Å². The monoisotopic (exact) mass is 258 g/mol. The van der Waals surface area contributed by atoms with Crippen LogP contribution in [0.4, 0.5) is 13.2 Å². The highest BCUT2D eigenvalue weighted by Gasteiger charge is 2.38. The zero-order valence-electron chi connectivity index (χ0n) is 10.3. The second-order valence-corrected chi connectivity index (χ2v) is 3.92. The van der Waals surface area contributed by atoms with Gasteiger partial charge in [0, 0.05) is 6.61 Å². The second kappa shape index (κ2) is 10.4. The normalized spacial score (nSPS) is 12.6. The Morgan fingerprint density at radius 1 is 1.24 bits per heavy atom. The molecule has 0 radical (unpaired) electrons. The molecule has 0 fully saturated rings. The Morgan fingerprint density at radius 3 is 1.94 bits per heavy atom.